The Balaban J connectivity index is 0.00000176. The third-order valence-electron chi connectivity index (χ3n) is 3.99. The fourth-order valence-corrected chi connectivity index (χ4v) is 2.83. The van der Waals surface area contributed by atoms with E-state index in [9.17, 15) is 4.79 Å². The Bertz CT molecular complexity index is 502. The summed E-state index contributed by atoms with van der Waals surface area (Å²) in [6.45, 7) is 6.71. The van der Waals surface area contributed by atoms with Crippen LogP contribution in [0.3, 0.4) is 0 Å². The van der Waals surface area contributed by atoms with Crippen LogP contribution in [0.25, 0.3) is 0 Å². The van der Waals surface area contributed by atoms with Crippen molar-refractivity contribution in [2.24, 2.45) is 0 Å². The van der Waals surface area contributed by atoms with E-state index in [1.807, 2.05) is 18.7 Å². The highest BCUT2D eigenvalue weighted by Crippen LogP contribution is 2.31. The summed E-state index contributed by atoms with van der Waals surface area (Å²) in [5.74, 6) is 1.47. The standard InChI is InChI=1S/C14H22N4O3.ClH/c1-9(2)13-16-12(17-21-13)10-4-3-6-18(10)14(19)11-8-15-5-7-20-11;/h9-11,15H,3-8H2,1-2H3;1H. The summed E-state index contributed by atoms with van der Waals surface area (Å²) < 4.78 is 10.8. The van der Waals surface area contributed by atoms with Crippen molar-refractivity contribution < 1.29 is 14.1 Å². The molecule has 2 aliphatic rings. The number of halogens is 1. The number of carbonyl (C=O) groups is 1. The van der Waals surface area contributed by atoms with Crippen molar-refractivity contribution in [1.82, 2.24) is 20.4 Å². The average Bonchev–Trinajstić information content (AvgIpc) is 3.16. The zero-order valence-electron chi connectivity index (χ0n) is 12.9. The molecule has 0 bridgehead atoms. The van der Waals surface area contributed by atoms with Crippen LogP contribution in [0, 0.1) is 0 Å². The van der Waals surface area contributed by atoms with Crippen molar-refractivity contribution in [3.8, 4) is 0 Å². The maximum absolute atomic E-state index is 12.6. The van der Waals surface area contributed by atoms with Gasteiger partial charge in [-0.3, -0.25) is 4.79 Å². The van der Waals surface area contributed by atoms with Gasteiger partial charge in [0.15, 0.2) is 5.82 Å². The van der Waals surface area contributed by atoms with Crippen molar-refractivity contribution in [1.29, 1.82) is 0 Å². The molecule has 0 spiro atoms. The number of nitrogens with one attached hydrogen (secondary N) is 1. The van der Waals surface area contributed by atoms with E-state index in [0.29, 0.717) is 24.9 Å². The first-order valence-electron chi connectivity index (χ1n) is 7.63. The number of amides is 1. The largest absolute Gasteiger partial charge is 0.366 e. The molecule has 2 saturated heterocycles. The second kappa shape index (κ2) is 7.39. The summed E-state index contributed by atoms with van der Waals surface area (Å²) >= 11 is 0. The summed E-state index contributed by atoms with van der Waals surface area (Å²) in [6, 6.07) is -0.0840. The average molecular weight is 331 g/mol. The highest BCUT2D eigenvalue weighted by atomic mass is 35.5. The lowest BCUT2D eigenvalue weighted by molar-refractivity contribution is -0.146. The molecular weight excluding hydrogens is 308 g/mol. The van der Waals surface area contributed by atoms with Gasteiger partial charge in [-0.25, -0.2) is 0 Å². The second-order valence-electron chi connectivity index (χ2n) is 5.90. The molecule has 2 aliphatic heterocycles. The third kappa shape index (κ3) is 3.42. The topological polar surface area (TPSA) is 80.5 Å². The summed E-state index contributed by atoms with van der Waals surface area (Å²) in [6.07, 6.45) is 1.45. The summed E-state index contributed by atoms with van der Waals surface area (Å²) in [7, 11) is 0. The number of carbonyl (C=O) groups excluding carboxylic acids is 1. The molecule has 7 nitrogen and oxygen atoms in total. The van der Waals surface area contributed by atoms with E-state index >= 15 is 0 Å². The van der Waals surface area contributed by atoms with Gasteiger partial charge in [-0.15, -0.1) is 12.4 Å². The van der Waals surface area contributed by atoms with Crippen LogP contribution in [-0.4, -0.2) is 53.3 Å². The van der Waals surface area contributed by atoms with Gasteiger partial charge < -0.3 is 19.5 Å². The van der Waals surface area contributed by atoms with Crippen LogP contribution in [0.4, 0.5) is 0 Å². The SMILES string of the molecule is CC(C)c1nc(C2CCCN2C(=O)C2CNCCO2)no1.Cl. The Hall–Kier alpha value is -1.18. The van der Waals surface area contributed by atoms with E-state index in [2.05, 4.69) is 15.5 Å². The predicted octanol–water partition coefficient (Wildman–Crippen LogP) is 1.27. The lowest BCUT2D eigenvalue weighted by Crippen LogP contribution is -2.49. The number of morpholine rings is 1. The Morgan fingerprint density at radius 2 is 2.27 bits per heavy atom. The van der Waals surface area contributed by atoms with Gasteiger partial charge in [0.25, 0.3) is 5.91 Å². The molecule has 2 unspecified atom stereocenters. The molecular formula is C14H23ClN4O3. The Labute approximate surface area is 136 Å². The van der Waals surface area contributed by atoms with Crippen LogP contribution < -0.4 is 5.32 Å². The monoisotopic (exact) mass is 330 g/mol. The first-order chi connectivity index (χ1) is 10.2. The van der Waals surface area contributed by atoms with Crippen LogP contribution in [0.2, 0.25) is 0 Å². The molecule has 0 saturated carbocycles. The number of hydrogen-bond acceptors (Lipinski definition) is 6. The van der Waals surface area contributed by atoms with E-state index in [-0.39, 0.29) is 30.3 Å². The molecule has 0 aliphatic carbocycles. The molecule has 2 fully saturated rings. The molecule has 22 heavy (non-hydrogen) atoms. The molecule has 1 amide bonds. The van der Waals surface area contributed by atoms with Gasteiger partial charge in [0, 0.05) is 25.6 Å². The molecule has 3 rings (SSSR count). The lowest BCUT2D eigenvalue weighted by atomic mass is 10.2. The second-order valence-corrected chi connectivity index (χ2v) is 5.90. The number of rotatable bonds is 3. The van der Waals surface area contributed by atoms with Gasteiger partial charge in [-0.1, -0.05) is 19.0 Å². The quantitative estimate of drug-likeness (QED) is 0.899. The van der Waals surface area contributed by atoms with Gasteiger partial charge in [-0.05, 0) is 12.8 Å². The maximum Gasteiger partial charge on any atom is 0.253 e. The number of likely N-dealkylation sites (tertiary alicyclic amines) is 1. The highest BCUT2D eigenvalue weighted by Gasteiger charge is 2.37. The van der Waals surface area contributed by atoms with Gasteiger partial charge >= 0.3 is 0 Å². The van der Waals surface area contributed by atoms with E-state index in [1.54, 1.807) is 0 Å². The van der Waals surface area contributed by atoms with Crippen molar-refractivity contribution >= 4 is 18.3 Å². The maximum atomic E-state index is 12.6. The molecule has 8 heteroatoms. The van der Waals surface area contributed by atoms with E-state index in [4.69, 9.17) is 9.26 Å². The fourth-order valence-electron chi connectivity index (χ4n) is 2.83. The number of nitrogens with zero attached hydrogens (tertiary/aromatic N) is 3. The Morgan fingerprint density at radius 1 is 1.45 bits per heavy atom. The van der Waals surface area contributed by atoms with Crippen molar-refractivity contribution in [2.75, 3.05) is 26.2 Å². The Kier molecular flexibility index (Phi) is 5.77. The van der Waals surface area contributed by atoms with E-state index in [0.717, 1.165) is 25.9 Å². The first kappa shape index (κ1) is 17.2. The van der Waals surface area contributed by atoms with Crippen molar-refractivity contribution in [3.05, 3.63) is 11.7 Å². The molecule has 1 aromatic rings. The minimum absolute atomic E-state index is 0. The molecule has 1 aromatic heterocycles. The lowest BCUT2D eigenvalue weighted by Gasteiger charge is -2.29. The van der Waals surface area contributed by atoms with Crippen LogP contribution in [0.1, 0.15) is 50.4 Å². The number of hydrogen-bond donors (Lipinski definition) is 1. The summed E-state index contributed by atoms with van der Waals surface area (Å²) in [4.78, 5) is 18.9. The van der Waals surface area contributed by atoms with Gasteiger partial charge in [-0.2, -0.15) is 4.98 Å². The van der Waals surface area contributed by atoms with Crippen LogP contribution in [-0.2, 0) is 9.53 Å². The van der Waals surface area contributed by atoms with Crippen LogP contribution >= 0.6 is 12.4 Å². The van der Waals surface area contributed by atoms with E-state index < -0.39 is 6.10 Å². The van der Waals surface area contributed by atoms with Crippen LogP contribution in [0.15, 0.2) is 4.52 Å². The normalized spacial score (nSPS) is 25.3. The minimum Gasteiger partial charge on any atom is -0.366 e. The number of aromatic nitrogens is 2. The first-order valence-corrected chi connectivity index (χ1v) is 7.63. The zero-order valence-corrected chi connectivity index (χ0v) is 13.8. The predicted molar refractivity (Wildman–Crippen MR) is 81.9 cm³/mol. The van der Waals surface area contributed by atoms with Crippen LogP contribution in [0.5, 0.6) is 0 Å². The molecule has 0 aromatic carbocycles. The highest BCUT2D eigenvalue weighted by molar-refractivity contribution is 5.85. The fraction of sp³-hybridized carbons (Fsp3) is 0.786. The summed E-state index contributed by atoms with van der Waals surface area (Å²) in [5, 5.41) is 7.25. The summed E-state index contributed by atoms with van der Waals surface area (Å²) in [5.41, 5.74) is 0. The Morgan fingerprint density at radius 3 is 2.91 bits per heavy atom. The molecule has 0 radical (unpaired) electrons. The molecule has 2 atom stereocenters. The van der Waals surface area contributed by atoms with Crippen molar-refractivity contribution in [2.45, 2.75) is 44.8 Å². The number of ether oxygens (including phenoxy) is 1. The zero-order chi connectivity index (χ0) is 14.8. The minimum atomic E-state index is -0.393. The third-order valence-corrected chi connectivity index (χ3v) is 3.99. The molecule has 1 N–H and O–H groups in total. The smallest absolute Gasteiger partial charge is 0.253 e. The van der Waals surface area contributed by atoms with Gasteiger partial charge in [0.05, 0.1) is 12.6 Å². The van der Waals surface area contributed by atoms with E-state index in [1.165, 1.54) is 0 Å². The van der Waals surface area contributed by atoms with Gasteiger partial charge in [0.1, 0.15) is 6.10 Å². The van der Waals surface area contributed by atoms with Gasteiger partial charge in [0.2, 0.25) is 5.89 Å². The van der Waals surface area contributed by atoms with Crippen molar-refractivity contribution in [3.63, 3.8) is 0 Å². The molecule has 124 valence electrons. The molecule has 3 heterocycles.